The Labute approximate surface area is 354 Å². The van der Waals surface area contributed by atoms with Crippen LogP contribution in [0.1, 0.15) is 79.4 Å². The van der Waals surface area contributed by atoms with E-state index in [1.165, 1.54) is 0 Å². The highest BCUT2D eigenvalue weighted by atomic mass is 16.5. The van der Waals surface area contributed by atoms with Crippen LogP contribution in [0, 0.1) is 17.8 Å². The molecule has 6 atom stereocenters. The van der Waals surface area contributed by atoms with Gasteiger partial charge in [-0.1, -0.05) is 139 Å². The van der Waals surface area contributed by atoms with E-state index in [1.807, 2.05) is 111 Å². The molecule has 0 saturated carbocycles. The Morgan fingerprint density at radius 3 is 1.82 bits per heavy atom. The number of benzene rings is 4. The first-order chi connectivity index (χ1) is 28.5. The molecule has 4 rings (SSSR count). The third-order valence-corrected chi connectivity index (χ3v) is 10.6. The third kappa shape index (κ3) is 13.7. The van der Waals surface area contributed by atoms with E-state index in [1.54, 1.807) is 47.6 Å². The third-order valence-electron chi connectivity index (χ3n) is 10.6. The van der Waals surface area contributed by atoms with Crippen LogP contribution in [0.4, 0.5) is 0 Å². The lowest BCUT2D eigenvalue weighted by atomic mass is 9.95. The molecule has 4 aromatic carbocycles. The van der Waals surface area contributed by atoms with Crippen molar-refractivity contribution in [3.05, 3.63) is 114 Å². The van der Waals surface area contributed by atoms with Gasteiger partial charge in [-0.2, -0.15) is 0 Å². The van der Waals surface area contributed by atoms with E-state index in [9.17, 15) is 29.1 Å². The molecule has 0 fully saturated rings. The number of amides is 4. The Morgan fingerprint density at radius 1 is 0.650 bits per heavy atom. The maximum atomic E-state index is 14.0. The molecule has 12 nitrogen and oxygen atoms in total. The molecule has 5 N–H and O–H groups in total. The number of esters is 1. The van der Waals surface area contributed by atoms with E-state index in [4.69, 9.17) is 9.47 Å². The Balaban J connectivity index is 1.45. The number of ether oxygens (including phenoxy) is 2. The summed E-state index contributed by atoms with van der Waals surface area (Å²) in [4.78, 5) is 68.2. The summed E-state index contributed by atoms with van der Waals surface area (Å²) < 4.78 is 11.7. The van der Waals surface area contributed by atoms with Crippen LogP contribution >= 0.6 is 0 Å². The van der Waals surface area contributed by atoms with Gasteiger partial charge in [-0.05, 0) is 72.1 Å². The van der Waals surface area contributed by atoms with Gasteiger partial charge in [0.25, 0.3) is 5.91 Å². The van der Waals surface area contributed by atoms with Gasteiger partial charge in [0.15, 0.2) is 5.60 Å². The predicted octanol–water partition coefficient (Wildman–Crippen LogP) is 6.03. The monoisotopic (exact) mass is 822 g/mol. The van der Waals surface area contributed by atoms with Crippen molar-refractivity contribution >= 4 is 40.4 Å². The van der Waals surface area contributed by atoms with Crippen LogP contribution in [-0.4, -0.2) is 70.6 Å². The quantitative estimate of drug-likeness (QED) is 0.0634. The van der Waals surface area contributed by atoms with Crippen LogP contribution in [-0.2, 0) is 41.7 Å². The van der Waals surface area contributed by atoms with Crippen molar-refractivity contribution in [2.24, 2.45) is 17.8 Å². The van der Waals surface area contributed by atoms with Crippen LogP contribution in [0.15, 0.2) is 103 Å². The molecule has 322 valence electrons. The van der Waals surface area contributed by atoms with Crippen LogP contribution in [0.3, 0.4) is 0 Å². The normalized spacial score (nSPS) is 14.6. The number of fused-ring (bicyclic) bond motifs is 1. The van der Waals surface area contributed by atoms with Gasteiger partial charge in [0.2, 0.25) is 17.7 Å². The van der Waals surface area contributed by atoms with Crippen molar-refractivity contribution in [2.75, 3.05) is 0 Å². The molecule has 0 bridgehead atoms. The fraction of sp³-hybridized carbons (Fsp3) is 0.438. The number of aliphatic hydroxyl groups excluding tert-OH is 1. The molecular weight excluding hydrogens is 761 g/mol. The van der Waals surface area contributed by atoms with Gasteiger partial charge in [0, 0.05) is 0 Å². The zero-order valence-electron chi connectivity index (χ0n) is 36.1. The smallest absolute Gasteiger partial charge is 0.329 e. The van der Waals surface area contributed by atoms with Crippen LogP contribution in [0.25, 0.3) is 10.8 Å². The number of hydrogen-bond acceptors (Lipinski definition) is 8. The molecule has 0 aromatic heterocycles. The lowest BCUT2D eigenvalue weighted by Gasteiger charge is -2.32. The average molecular weight is 823 g/mol. The van der Waals surface area contributed by atoms with Crippen molar-refractivity contribution < 1.29 is 38.6 Å². The maximum Gasteiger partial charge on any atom is 0.329 e. The van der Waals surface area contributed by atoms with Crippen molar-refractivity contribution in [1.82, 2.24) is 21.3 Å². The summed E-state index contributed by atoms with van der Waals surface area (Å²) in [5.41, 5.74) is 0.251. The van der Waals surface area contributed by atoms with Gasteiger partial charge in [-0.3, -0.25) is 19.2 Å². The van der Waals surface area contributed by atoms with Crippen LogP contribution < -0.4 is 26.0 Å². The second-order valence-corrected chi connectivity index (χ2v) is 16.6. The standard InChI is InChI=1S/C48H62N4O8/c1-9-32(6)43(45(56)51-42(31(4)5)46(57)59-29-34-20-14-11-15-21-34)50-40(54)28-39(53)38(26-33-18-12-10-13-19-33)49-44(55)41(30(2)3)52-47(58)48(7,8)60-37-25-24-35-22-16-17-23-36(35)27-37/h10-25,27,30-32,38-39,41-43,53H,9,26,28-29H2,1-8H3,(H,49,55)(H,50,54)(H,51,56)(H,52,58)/t32-,38-,39-,41-,42-,43-/m0/s1. The molecule has 0 aliphatic carbocycles. The van der Waals surface area contributed by atoms with E-state index in [0.717, 1.165) is 21.9 Å². The summed E-state index contributed by atoms with van der Waals surface area (Å²) in [5.74, 6) is -3.33. The zero-order valence-corrected chi connectivity index (χ0v) is 36.1. The summed E-state index contributed by atoms with van der Waals surface area (Å²) in [6.45, 7) is 14.2. The SMILES string of the molecule is CC[C@H](C)[C@H](NC(=O)C[C@H](O)[C@H](Cc1ccccc1)NC(=O)[C@@H](NC(=O)C(C)(C)Oc1ccc2ccccc2c1)C(C)C)C(=O)N[C@H](C(=O)OCc1ccccc1)C(C)C. The molecule has 0 saturated heterocycles. The summed E-state index contributed by atoms with van der Waals surface area (Å²) in [6, 6.07) is 27.8. The minimum Gasteiger partial charge on any atom is -0.478 e. The minimum atomic E-state index is -1.39. The Bertz CT molecular complexity index is 2040. The number of nitrogens with one attached hydrogen (secondary N) is 4. The second kappa shape index (κ2) is 22.0. The van der Waals surface area contributed by atoms with Gasteiger partial charge < -0.3 is 35.8 Å². The second-order valence-electron chi connectivity index (χ2n) is 16.6. The van der Waals surface area contributed by atoms with Crippen LogP contribution in [0.2, 0.25) is 0 Å². The van der Waals surface area contributed by atoms with Gasteiger partial charge in [0.05, 0.1) is 18.6 Å². The molecule has 60 heavy (non-hydrogen) atoms. The first-order valence-electron chi connectivity index (χ1n) is 20.8. The summed E-state index contributed by atoms with van der Waals surface area (Å²) in [7, 11) is 0. The topological polar surface area (TPSA) is 172 Å². The highest BCUT2D eigenvalue weighted by molar-refractivity contribution is 5.93. The molecule has 0 spiro atoms. The highest BCUT2D eigenvalue weighted by Crippen LogP contribution is 2.25. The van der Waals surface area contributed by atoms with Crippen molar-refractivity contribution in [3.8, 4) is 5.75 Å². The lowest BCUT2D eigenvalue weighted by molar-refractivity contribution is -0.150. The van der Waals surface area contributed by atoms with Gasteiger partial charge in [0.1, 0.15) is 30.5 Å². The number of carbonyl (C=O) groups is 5. The first-order valence-corrected chi connectivity index (χ1v) is 20.8. The fourth-order valence-corrected chi connectivity index (χ4v) is 6.67. The van der Waals surface area contributed by atoms with Crippen LogP contribution in [0.5, 0.6) is 5.75 Å². The number of aliphatic hydroxyl groups is 1. The first kappa shape index (κ1) is 46.9. The number of hydrogen-bond donors (Lipinski definition) is 5. The molecule has 0 unspecified atom stereocenters. The van der Waals surface area contributed by atoms with Gasteiger partial charge in [-0.15, -0.1) is 0 Å². The molecule has 0 radical (unpaired) electrons. The molecule has 4 amide bonds. The van der Waals surface area contributed by atoms with Crippen molar-refractivity contribution in [1.29, 1.82) is 0 Å². The molecule has 4 aromatic rings. The van der Waals surface area contributed by atoms with E-state index in [2.05, 4.69) is 21.3 Å². The van der Waals surface area contributed by atoms with Gasteiger partial charge in [-0.25, -0.2) is 4.79 Å². The van der Waals surface area contributed by atoms with Crippen molar-refractivity contribution in [3.63, 3.8) is 0 Å². The fourth-order valence-electron chi connectivity index (χ4n) is 6.67. The molecule has 0 aliphatic rings. The Kier molecular flexibility index (Phi) is 17.2. The average Bonchev–Trinajstić information content (AvgIpc) is 3.22. The van der Waals surface area contributed by atoms with E-state index < -0.39 is 71.9 Å². The predicted molar refractivity (Wildman–Crippen MR) is 233 cm³/mol. The molecule has 0 heterocycles. The van der Waals surface area contributed by atoms with E-state index >= 15 is 0 Å². The summed E-state index contributed by atoms with van der Waals surface area (Å²) in [5, 5.41) is 24.9. The summed E-state index contributed by atoms with van der Waals surface area (Å²) >= 11 is 0. The molecule has 0 aliphatic heterocycles. The van der Waals surface area contributed by atoms with Gasteiger partial charge >= 0.3 is 5.97 Å². The molecule has 12 heteroatoms. The number of rotatable bonds is 21. The zero-order chi connectivity index (χ0) is 44.0. The maximum absolute atomic E-state index is 14.0. The van der Waals surface area contributed by atoms with Crippen molar-refractivity contribution in [2.45, 2.75) is 117 Å². The van der Waals surface area contributed by atoms with E-state index in [0.29, 0.717) is 12.2 Å². The highest BCUT2D eigenvalue weighted by Gasteiger charge is 2.37. The lowest BCUT2D eigenvalue weighted by Crippen LogP contribution is -2.59. The summed E-state index contributed by atoms with van der Waals surface area (Å²) in [6.07, 6.45) is -1.13. The van der Waals surface area contributed by atoms with E-state index in [-0.39, 0.29) is 30.8 Å². The Hall–Kier alpha value is -5.75. The number of carbonyl (C=O) groups excluding carboxylic acids is 5. The molecular formula is C48H62N4O8. The Morgan fingerprint density at radius 2 is 1.22 bits per heavy atom. The largest absolute Gasteiger partial charge is 0.478 e. The minimum absolute atomic E-state index is 0.0473.